The Balaban J connectivity index is 3.10. The molecule has 3 nitrogen and oxygen atoms in total. The van der Waals surface area contributed by atoms with Crippen molar-refractivity contribution in [1.29, 1.82) is 0 Å². The molecule has 4 N–H and O–H groups in total. The number of rotatable bonds is 6. The van der Waals surface area contributed by atoms with Crippen LogP contribution in [0.15, 0.2) is 0 Å². The van der Waals surface area contributed by atoms with E-state index in [9.17, 15) is 0 Å². The minimum absolute atomic E-state index is 0.235. The highest BCUT2D eigenvalue weighted by Gasteiger charge is 2.02. The number of aliphatic hydroxyl groups excluding tert-OH is 1. The molecule has 68 valence electrons. The predicted molar refractivity (Wildman–Crippen MR) is 45.0 cm³/mol. The molecule has 3 heteroatoms. The van der Waals surface area contributed by atoms with Crippen molar-refractivity contribution >= 4 is 0 Å². The molecule has 0 radical (unpaired) electrons. The van der Waals surface area contributed by atoms with Crippen molar-refractivity contribution in [1.82, 2.24) is 0 Å². The van der Waals surface area contributed by atoms with Gasteiger partial charge >= 0.3 is 0 Å². The van der Waals surface area contributed by atoms with E-state index in [1.807, 2.05) is 0 Å². The van der Waals surface area contributed by atoms with Gasteiger partial charge < -0.3 is 15.9 Å². The predicted octanol–water partition coefficient (Wildman–Crippen LogP) is 0.595. The average Bonchev–Trinajstić information content (AvgIpc) is 1.87. The molecule has 0 saturated heterocycles. The smallest absolute Gasteiger partial charge is 0.151 e. The van der Waals surface area contributed by atoms with Gasteiger partial charge in [0.15, 0.2) is 6.29 Å². The van der Waals surface area contributed by atoms with E-state index < -0.39 is 6.29 Å². The fraction of sp³-hybridized carbons (Fsp3) is 1.00. The van der Waals surface area contributed by atoms with Crippen LogP contribution in [-0.2, 0) is 0 Å². The van der Waals surface area contributed by atoms with Gasteiger partial charge in [0.2, 0.25) is 0 Å². The molecule has 0 aliphatic carbocycles. The first kappa shape index (κ1) is 10.9. The lowest BCUT2D eigenvalue weighted by atomic mass is 10.1. The van der Waals surface area contributed by atoms with Crippen molar-refractivity contribution < 1.29 is 10.2 Å². The van der Waals surface area contributed by atoms with Gasteiger partial charge in [-0.15, -0.1) is 0 Å². The highest BCUT2D eigenvalue weighted by molar-refractivity contribution is 4.60. The fourth-order valence-corrected chi connectivity index (χ4v) is 1.08. The molecule has 0 aliphatic rings. The van der Waals surface area contributed by atoms with Crippen LogP contribution in [0.1, 0.15) is 39.0 Å². The molecular formula is C8H19NO2. The zero-order valence-electron chi connectivity index (χ0n) is 7.16. The lowest BCUT2D eigenvalue weighted by molar-refractivity contribution is -0.0467. The van der Waals surface area contributed by atoms with E-state index in [4.69, 9.17) is 15.9 Å². The first-order valence-corrected chi connectivity index (χ1v) is 4.28. The van der Waals surface area contributed by atoms with Gasteiger partial charge in [0.1, 0.15) is 0 Å². The van der Waals surface area contributed by atoms with Crippen LogP contribution in [0.4, 0.5) is 0 Å². The average molecular weight is 161 g/mol. The second-order valence-corrected chi connectivity index (χ2v) is 2.96. The van der Waals surface area contributed by atoms with Crippen LogP contribution in [0.3, 0.4) is 0 Å². The van der Waals surface area contributed by atoms with E-state index >= 15 is 0 Å². The van der Waals surface area contributed by atoms with Gasteiger partial charge in [0.25, 0.3) is 0 Å². The maximum Gasteiger partial charge on any atom is 0.151 e. The highest BCUT2D eigenvalue weighted by Crippen LogP contribution is 2.05. The molecule has 0 bridgehead atoms. The molecule has 0 saturated carbocycles. The van der Waals surface area contributed by atoms with Crippen molar-refractivity contribution in [2.75, 3.05) is 0 Å². The maximum absolute atomic E-state index is 8.51. The zero-order chi connectivity index (χ0) is 8.69. The minimum Gasteiger partial charge on any atom is -0.368 e. The third-order valence-electron chi connectivity index (χ3n) is 1.70. The fourth-order valence-electron chi connectivity index (χ4n) is 1.08. The third-order valence-corrected chi connectivity index (χ3v) is 1.70. The Morgan fingerprint density at radius 1 is 1.18 bits per heavy atom. The summed E-state index contributed by atoms with van der Waals surface area (Å²) in [6, 6.07) is 0.235. The normalized spacial score (nSPS) is 13.9. The summed E-state index contributed by atoms with van der Waals surface area (Å²) in [7, 11) is 0. The van der Waals surface area contributed by atoms with Crippen LogP contribution in [-0.4, -0.2) is 22.5 Å². The van der Waals surface area contributed by atoms with E-state index in [1.54, 1.807) is 0 Å². The van der Waals surface area contributed by atoms with Crippen LogP contribution in [0.5, 0.6) is 0 Å². The topological polar surface area (TPSA) is 66.5 Å². The van der Waals surface area contributed by atoms with E-state index in [0.29, 0.717) is 6.42 Å². The SMILES string of the molecule is CCCC(N)CCCC(O)O. The van der Waals surface area contributed by atoms with Gasteiger partial charge in [-0.05, 0) is 25.7 Å². The second kappa shape index (κ2) is 6.58. The second-order valence-electron chi connectivity index (χ2n) is 2.96. The molecule has 0 aliphatic heterocycles. The monoisotopic (exact) mass is 161 g/mol. The molecule has 0 spiro atoms. The Labute approximate surface area is 68.2 Å². The van der Waals surface area contributed by atoms with Crippen LogP contribution >= 0.6 is 0 Å². The van der Waals surface area contributed by atoms with E-state index in [0.717, 1.165) is 25.7 Å². The Bertz CT molecular complexity index is 86.2. The van der Waals surface area contributed by atoms with Crippen molar-refractivity contribution in [3.8, 4) is 0 Å². The quantitative estimate of drug-likeness (QED) is 0.500. The van der Waals surface area contributed by atoms with Gasteiger partial charge in [-0.1, -0.05) is 13.3 Å². The molecule has 0 rings (SSSR count). The van der Waals surface area contributed by atoms with Crippen molar-refractivity contribution in [3.05, 3.63) is 0 Å². The van der Waals surface area contributed by atoms with Gasteiger partial charge in [0.05, 0.1) is 0 Å². The van der Waals surface area contributed by atoms with Gasteiger partial charge in [-0.2, -0.15) is 0 Å². The summed E-state index contributed by atoms with van der Waals surface area (Å²) in [4.78, 5) is 0. The minimum atomic E-state index is -1.16. The van der Waals surface area contributed by atoms with Crippen molar-refractivity contribution in [2.45, 2.75) is 51.4 Å². The number of hydrogen-bond donors (Lipinski definition) is 3. The largest absolute Gasteiger partial charge is 0.368 e. The Kier molecular flexibility index (Phi) is 6.51. The van der Waals surface area contributed by atoms with Crippen molar-refractivity contribution in [2.24, 2.45) is 5.73 Å². The van der Waals surface area contributed by atoms with Crippen LogP contribution < -0.4 is 5.73 Å². The van der Waals surface area contributed by atoms with Gasteiger partial charge in [-0.3, -0.25) is 0 Å². The highest BCUT2D eigenvalue weighted by atomic mass is 16.5. The number of nitrogens with two attached hydrogens (primary N) is 1. The summed E-state index contributed by atoms with van der Waals surface area (Å²) in [5.74, 6) is 0. The molecule has 0 heterocycles. The first-order chi connectivity index (χ1) is 5.16. The molecular weight excluding hydrogens is 142 g/mol. The summed E-state index contributed by atoms with van der Waals surface area (Å²) in [5, 5.41) is 17.0. The Hall–Kier alpha value is -0.120. The molecule has 11 heavy (non-hydrogen) atoms. The molecule has 0 aromatic carbocycles. The van der Waals surface area contributed by atoms with Crippen molar-refractivity contribution in [3.63, 3.8) is 0 Å². The third kappa shape index (κ3) is 7.78. The van der Waals surface area contributed by atoms with Crippen LogP contribution in [0.25, 0.3) is 0 Å². The van der Waals surface area contributed by atoms with Crippen LogP contribution in [0.2, 0.25) is 0 Å². The van der Waals surface area contributed by atoms with E-state index in [1.165, 1.54) is 0 Å². The van der Waals surface area contributed by atoms with E-state index in [-0.39, 0.29) is 6.04 Å². The van der Waals surface area contributed by atoms with Gasteiger partial charge in [0, 0.05) is 6.04 Å². The standard InChI is InChI=1S/C8H19NO2/c1-2-4-7(9)5-3-6-8(10)11/h7-8,10-11H,2-6,9H2,1H3. The summed E-state index contributed by atoms with van der Waals surface area (Å²) in [6.45, 7) is 2.10. The Morgan fingerprint density at radius 3 is 2.27 bits per heavy atom. The zero-order valence-corrected chi connectivity index (χ0v) is 7.16. The first-order valence-electron chi connectivity index (χ1n) is 4.28. The number of hydrogen-bond acceptors (Lipinski definition) is 3. The molecule has 1 unspecified atom stereocenters. The van der Waals surface area contributed by atoms with Gasteiger partial charge in [-0.25, -0.2) is 0 Å². The summed E-state index contributed by atoms with van der Waals surface area (Å²) < 4.78 is 0. The summed E-state index contributed by atoms with van der Waals surface area (Å²) in [5.41, 5.74) is 5.71. The number of aliphatic hydroxyl groups is 2. The lowest BCUT2D eigenvalue weighted by Gasteiger charge is -2.09. The molecule has 0 aromatic heterocycles. The molecule has 0 aromatic rings. The lowest BCUT2D eigenvalue weighted by Crippen LogP contribution is -2.19. The maximum atomic E-state index is 8.51. The van der Waals surface area contributed by atoms with E-state index in [2.05, 4.69) is 6.92 Å². The summed E-state index contributed by atoms with van der Waals surface area (Å²) in [6.07, 6.45) is 3.11. The Morgan fingerprint density at radius 2 is 1.82 bits per heavy atom. The summed E-state index contributed by atoms with van der Waals surface area (Å²) >= 11 is 0. The molecule has 0 amide bonds. The molecule has 0 fully saturated rings. The molecule has 1 atom stereocenters. The van der Waals surface area contributed by atoms with Crippen LogP contribution in [0, 0.1) is 0 Å².